The van der Waals surface area contributed by atoms with Gasteiger partial charge in [-0.2, -0.15) is 0 Å². The van der Waals surface area contributed by atoms with Gasteiger partial charge in [0.05, 0.1) is 18.3 Å². The Balaban J connectivity index is 1.45. The Hall–Kier alpha value is -2.59. The first kappa shape index (κ1) is 15.9. The van der Waals surface area contributed by atoms with E-state index < -0.39 is 0 Å². The topological polar surface area (TPSA) is 28.6 Å². The SMILES string of the molecule is COc1ccccc1N1CCN(Cc2cccc3cccnc23)CC1. The minimum atomic E-state index is 0.952. The maximum Gasteiger partial charge on any atom is 0.142 e. The second-order valence-electron chi connectivity index (χ2n) is 6.43. The van der Waals surface area contributed by atoms with Gasteiger partial charge in [-0.05, 0) is 23.8 Å². The quantitative estimate of drug-likeness (QED) is 0.730. The van der Waals surface area contributed by atoms with E-state index in [-0.39, 0.29) is 0 Å². The molecule has 1 aliphatic heterocycles. The molecule has 0 spiro atoms. The fraction of sp³-hybridized carbons (Fsp3) is 0.286. The van der Waals surface area contributed by atoms with Gasteiger partial charge >= 0.3 is 0 Å². The number of piperazine rings is 1. The highest BCUT2D eigenvalue weighted by Crippen LogP contribution is 2.28. The first-order chi connectivity index (χ1) is 12.3. The van der Waals surface area contributed by atoms with Crippen LogP contribution in [0.15, 0.2) is 60.8 Å². The first-order valence-corrected chi connectivity index (χ1v) is 8.78. The molecule has 0 N–H and O–H groups in total. The summed E-state index contributed by atoms with van der Waals surface area (Å²) < 4.78 is 5.51. The van der Waals surface area contributed by atoms with E-state index in [2.05, 4.69) is 51.2 Å². The van der Waals surface area contributed by atoms with E-state index >= 15 is 0 Å². The van der Waals surface area contributed by atoms with E-state index in [0.717, 1.165) is 44.0 Å². The first-order valence-electron chi connectivity index (χ1n) is 8.78. The number of hydrogen-bond donors (Lipinski definition) is 0. The zero-order valence-electron chi connectivity index (χ0n) is 14.6. The predicted molar refractivity (Wildman–Crippen MR) is 102 cm³/mol. The van der Waals surface area contributed by atoms with Gasteiger partial charge in [0.2, 0.25) is 0 Å². The van der Waals surface area contributed by atoms with Crippen LogP contribution in [0.25, 0.3) is 10.9 Å². The molecule has 2 heterocycles. The Morgan fingerprint density at radius 3 is 2.56 bits per heavy atom. The monoisotopic (exact) mass is 333 g/mol. The number of anilines is 1. The minimum Gasteiger partial charge on any atom is -0.495 e. The minimum absolute atomic E-state index is 0.952. The average Bonchev–Trinajstić information content (AvgIpc) is 2.69. The molecule has 0 radical (unpaired) electrons. The molecule has 0 amide bonds. The number of rotatable bonds is 4. The lowest BCUT2D eigenvalue weighted by Crippen LogP contribution is -2.46. The van der Waals surface area contributed by atoms with E-state index in [9.17, 15) is 0 Å². The molecule has 0 aliphatic carbocycles. The van der Waals surface area contributed by atoms with Crippen molar-refractivity contribution in [3.8, 4) is 5.75 Å². The van der Waals surface area contributed by atoms with E-state index in [1.54, 1.807) is 7.11 Å². The molecule has 4 nitrogen and oxygen atoms in total. The van der Waals surface area contributed by atoms with Crippen molar-refractivity contribution in [1.29, 1.82) is 0 Å². The molecule has 0 unspecified atom stereocenters. The standard InChI is InChI=1S/C21H23N3O/c1-25-20-10-3-2-9-19(20)24-14-12-23(13-15-24)16-18-7-4-6-17-8-5-11-22-21(17)18/h2-11H,12-16H2,1H3. The molecular weight excluding hydrogens is 310 g/mol. The zero-order chi connectivity index (χ0) is 17.1. The predicted octanol–water partition coefficient (Wildman–Crippen LogP) is 3.57. The van der Waals surface area contributed by atoms with Crippen LogP contribution in [0, 0.1) is 0 Å². The highest BCUT2D eigenvalue weighted by Gasteiger charge is 2.20. The number of hydrogen-bond acceptors (Lipinski definition) is 4. The maximum atomic E-state index is 5.51. The molecule has 0 saturated carbocycles. The summed E-state index contributed by atoms with van der Waals surface area (Å²) in [5.41, 5.74) is 3.62. The third kappa shape index (κ3) is 3.30. The molecule has 1 aromatic heterocycles. The molecule has 1 fully saturated rings. The van der Waals surface area contributed by atoms with Gasteiger partial charge in [0.15, 0.2) is 0 Å². The van der Waals surface area contributed by atoms with Crippen LogP contribution in [-0.4, -0.2) is 43.2 Å². The fourth-order valence-electron chi connectivity index (χ4n) is 3.57. The second kappa shape index (κ2) is 7.11. The summed E-state index contributed by atoms with van der Waals surface area (Å²) in [4.78, 5) is 9.50. The molecule has 1 aliphatic rings. The van der Waals surface area contributed by atoms with E-state index in [1.165, 1.54) is 16.6 Å². The van der Waals surface area contributed by atoms with Crippen molar-refractivity contribution in [1.82, 2.24) is 9.88 Å². The van der Waals surface area contributed by atoms with Gasteiger partial charge in [-0.1, -0.05) is 36.4 Å². The number of para-hydroxylation sites is 3. The largest absolute Gasteiger partial charge is 0.495 e. The van der Waals surface area contributed by atoms with Gasteiger partial charge in [-0.25, -0.2) is 0 Å². The molecular formula is C21H23N3O. The molecule has 3 aromatic rings. The van der Waals surface area contributed by atoms with Crippen LogP contribution in [-0.2, 0) is 6.54 Å². The summed E-state index contributed by atoms with van der Waals surface area (Å²) in [6.45, 7) is 5.06. The van der Waals surface area contributed by atoms with Gasteiger partial charge in [-0.3, -0.25) is 9.88 Å². The third-order valence-electron chi connectivity index (χ3n) is 4.91. The molecule has 0 atom stereocenters. The van der Waals surface area contributed by atoms with Crippen LogP contribution in [0.4, 0.5) is 5.69 Å². The van der Waals surface area contributed by atoms with E-state index in [4.69, 9.17) is 4.74 Å². The highest BCUT2D eigenvalue weighted by molar-refractivity contribution is 5.81. The Labute approximate surface area is 148 Å². The van der Waals surface area contributed by atoms with Crippen molar-refractivity contribution in [3.05, 3.63) is 66.4 Å². The van der Waals surface area contributed by atoms with E-state index in [1.807, 2.05) is 24.4 Å². The summed E-state index contributed by atoms with van der Waals surface area (Å²) in [7, 11) is 1.74. The zero-order valence-corrected chi connectivity index (χ0v) is 14.6. The Kier molecular flexibility index (Phi) is 4.53. The maximum absolute atomic E-state index is 5.51. The second-order valence-corrected chi connectivity index (χ2v) is 6.43. The number of methoxy groups -OCH3 is 1. The lowest BCUT2D eigenvalue weighted by molar-refractivity contribution is 0.250. The van der Waals surface area contributed by atoms with Gasteiger partial charge in [0.25, 0.3) is 0 Å². The molecule has 0 bridgehead atoms. The van der Waals surface area contributed by atoms with Crippen LogP contribution in [0.3, 0.4) is 0 Å². The van der Waals surface area contributed by atoms with Crippen molar-refractivity contribution in [2.24, 2.45) is 0 Å². The molecule has 4 rings (SSSR count). The summed E-state index contributed by atoms with van der Waals surface area (Å²) >= 11 is 0. The summed E-state index contributed by atoms with van der Waals surface area (Å²) in [5.74, 6) is 0.953. The van der Waals surface area contributed by atoms with Gasteiger partial charge in [0.1, 0.15) is 5.75 Å². The Bertz CT molecular complexity index is 851. The lowest BCUT2D eigenvalue weighted by Gasteiger charge is -2.36. The van der Waals surface area contributed by atoms with E-state index in [0.29, 0.717) is 0 Å². The summed E-state index contributed by atoms with van der Waals surface area (Å²) in [6.07, 6.45) is 1.88. The van der Waals surface area contributed by atoms with Crippen LogP contribution in [0.2, 0.25) is 0 Å². The molecule has 4 heteroatoms. The number of nitrogens with zero attached hydrogens (tertiary/aromatic N) is 3. The van der Waals surface area contributed by atoms with Crippen molar-refractivity contribution in [2.45, 2.75) is 6.54 Å². The van der Waals surface area contributed by atoms with Crippen LogP contribution >= 0.6 is 0 Å². The van der Waals surface area contributed by atoms with Gasteiger partial charge in [0, 0.05) is 44.3 Å². The Morgan fingerprint density at radius 2 is 1.72 bits per heavy atom. The number of benzene rings is 2. The lowest BCUT2D eigenvalue weighted by atomic mass is 10.1. The van der Waals surface area contributed by atoms with Crippen LogP contribution in [0.5, 0.6) is 5.75 Å². The Morgan fingerprint density at radius 1 is 0.920 bits per heavy atom. The number of ether oxygens (including phenoxy) is 1. The fourth-order valence-corrected chi connectivity index (χ4v) is 3.57. The van der Waals surface area contributed by atoms with Crippen molar-refractivity contribution in [3.63, 3.8) is 0 Å². The number of pyridine rings is 1. The molecule has 25 heavy (non-hydrogen) atoms. The van der Waals surface area contributed by atoms with Gasteiger partial charge < -0.3 is 9.64 Å². The number of aromatic nitrogens is 1. The smallest absolute Gasteiger partial charge is 0.142 e. The van der Waals surface area contributed by atoms with Crippen molar-refractivity contribution < 1.29 is 4.74 Å². The summed E-state index contributed by atoms with van der Waals surface area (Å²) in [5, 5.41) is 1.22. The summed E-state index contributed by atoms with van der Waals surface area (Å²) in [6, 6.07) is 18.9. The molecule has 1 saturated heterocycles. The van der Waals surface area contributed by atoms with Gasteiger partial charge in [-0.15, -0.1) is 0 Å². The normalized spacial score (nSPS) is 15.5. The van der Waals surface area contributed by atoms with Crippen molar-refractivity contribution >= 4 is 16.6 Å². The average molecular weight is 333 g/mol. The third-order valence-corrected chi connectivity index (χ3v) is 4.91. The van der Waals surface area contributed by atoms with Crippen LogP contribution < -0.4 is 9.64 Å². The van der Waals surface area contributed by atoms with Crippen LogP contribution in [0.1, 0.15) is 5.56 Å². The van der Waals surface area contributed by atoms with Crippen molar-refractivity contribution in [2.75, 3.05) is 38.2 Å². The highest BCUT2D eigenvalue weighted by atomic mass is 16.5. The molecule has 128 valence electrons. The number of fused-ring (bicyclic) bond motifs is 1. The molecule has 2 aromatic carbocycles.